The van der Waals surface area contributed by atoms with E-state index in [1.54, 1.807) is 10.9 Å². The van der Waals surface area contributed by atoms with Gasteiger partial charge in [-0.25, -0.2) is 4.98 Å². The Balaban J connectivity index is 3.12. The lowest BCUT2D eigenvalue weighted by Crippen LogP contribution is -1.93. The highest BCUT2D eigenvalue weighted by Gasteiger charge is 2.04. The highest BCUT2D eigenvalue weighted by atomic mass is 16.3. The van der Waals surface area contributed by atoms with E-state index in [1.165, 1.54) is 0 Å². The molecule has 0 saturated heterocycles. The molecule has 0 atom stereocenters. The molecular formula is C5H8BN3O. The first kappa shape index (κ1) is 6.99. The number of aromatic nitrogens is 2. The first-order chi connectivity index (χ1) is 4.79. The number of hydrogen-bond donors (Lipinski definition) is 0. The van der Waals surface area contributed by atoms with Crippen molar-refractivity contribution in [3.8, 4) is 0 Å². The van der Waals surface area contributed by atoms with E-state index in [-0.39, 0.29) is 0 Å². The Labute approximate surface area is 59.6 Å². The zero-order valence-corrected chi connectivity index (χ0v) is 6.03. The summed E-state index contributed by atoms with van der Waals surface area (Å²) in [5.41, 5.74) is 0.884. The molecule has 1 rings (SSSR count). The Kier molecular flexibility index (Phi) is 1.84. The van der Waals surface area contributed by atoms with Gasteiger partial charge >= 0.3 is 0 Å². The van der Waals surface area contributed by atoms with Gasteiger partial charge in [-0.1, -0.05) is 0 Å². The molecule has 5 heteroatoms. The number of imidazole rings is 1. The molecule has 1 aromatic heterocycles. The smallest absolute Gasteiger partial charge is 0.216 e. The Morgan fingerprint density at radius 2 is 2.60 bits per heavy atom. The molecule has 0 fully saturated rings. The average molecular weight is 137 g/mol. The molecule has 0 aromatic carbocycles. The van der Waals surface area contributed by atoms with Crippen LogP contribution in [0.15, 0.2) is 11.5 Å². The lowest BCUT2D eigenvalue weighted by atomic mass is 10.0. The van der Waals surface area contributed by atoms with Crippen LogP contribution in [0.1, 0.15) is 5.69 Å². The SMILES string of the molecule is BCc1c(N=O)ncn1C. The molecule has 52 valence electrons. The highest BCUT2D eigenvalue weighted by molar-refractivity contribution is 6.08. The van der Waals surface area contributed by atoms with Crippen LogP contribution in [0.5, 0.6) is 0 Å². The fraction of sp³-hybridized carbons (Fsp3) is 0.400. The molecule has 0 saturated carbocycles. The van der Waals surface area contributed by atoms with E-state index in [0.717, 1.165) is 12.0 Å². The van der Waals surface area contributed by atoms with Crippen molar-refractivity contribution in [3.05, 3.63) is 16.9 Å². The third-order valence-corrected chi connectivity index (χ3v) is 1.46. The summed E-state index contributed by atoms with van der Waals surface area (Å²) in [5.74, 6) is 0.310. The van der Waals surface area contributed by atoms with E-state index in [2.05, 4.69) is 10.2 Å². The zero-order valence-electron chi connectivity index (χ0n) is 6.03. The first-order valence-electron chi connectivity index (χ1n) is 3.13. The Bertz CT molecular complexity index is 245. The fourth-order valence-electron chi connectivity index (χ4n) is 0.927. The molecule has 4 nitrogen and oxygen atoms in total. The van der Waals surface area contributed by atoms with Crippen LogP contribution < -0.4 is 0 Å². The quantitative estimate of drug-likeness (QED) is 0.423. The molecule has 10 heavy (non-hydrogen) atoms. The van der Waals surface area contributed by atoms with Crippen LogP contribution in [0, 0.1) is 4.91 Å². The molecule has 0 bridgehead atoms. The van der Waals surface area contributed by atoms with Crippen molar-refractivity contribution in [1.29, 1.82) is 0 Å². The van der Waals surface area contributed by atoms with Crippen LogP contribution in [0.2, 0.25) is 0 Å². The van der Waals surface area contributed by atoms with Crippen LogP contribution in [-0.4, -0.2) is 17.4 Å². The van der Waals surface area contributed by atoms with Gasteiger partial charge in [-0.05, 0) is 11.5 Å². The summed E-state index contributed by atoms with van der Waals surface area (Å²) < 4.78 is 1.80. The van der Waals surface area contributed by atoms with Gasteiger partial charge in [-0.3, -0.25) is 0 Å². The van der Waals surface area contributed by atoms with Crippen LogP contribution in [-0.2, 0) is 13.4 Å². The van der Waals surface area contributed by atoms with Crippen molar-refractivity contribution in [3.63, 3.8) is 0 Å². The molecule has 0 aliphatic rings. The van der Waals surface area contributed by atoms with E-state index in [9.17, 15) is 4.91 Å². The molecule has 1 heterocycles. The standard InChI is InChI=1S/C5H8BN3O/c1-9-3-7-5(8-10)4(9)2-6/h3H,2,6H2,1H3. The minimum Gasteiger partial charge on any atom is -0.336 e. The van der Waals surface area contributed by atoms with Gasteiger partial charge in [0.2, 0.25) is 5.82 Å². The zero-order chi connectivity index (χ0) is 7.56. The van der Waals surface area contributed by atoms with Crippen molar-refractivity contribution in [2.24, 2.45) is 12.2 Å². The fourth-order valence-corrected chi connectivity index (χ4v) is 0.927. The van der Waals surface area contributed by atoms with E-state index in [4.69, 9.17) is 0 Å². The summed E-state index contributed by atoms with van der Waals surface area (Å²) in [6.07, 6.45) is 2.38. The van der Waals surface area contributed by atoms with Gasteiger partial charge in [-0.15, -0.1) is 4.91 Å². The van der Waals surface area contributed by atoms with Gasteiger partial charge in [0, 0.05) is 7.05 Å². The summed E-state index contributed by atoms with van der Waals surface area (Å²) in [6, 6.07) is 0. The molecule has 0 amide bonds. The van der Waals surface area contributed by atoms with Gasteiger partial charge in [0.05, 0.1) is 12.0 Å². The van der Waals surface area contributed by atoms with Gasteiger partial charge in [0.1, 0.15) is 7.85 Å². The number of nitroso groups, excluding NO2 is 1. The van der Waals surface area contributed by atoms with E-state index < -0.39 is 0 Å². The molecule has 0 N–H and O–H groups in total. The molecule has 1 aromatic rings. The van der Waals surface area contributed by atoms with Gasteiger partial charge in [0.25, 0.3) is 0 Å². The molecule has 0 spiro atoms. The largest absolute Gasteiger partial charge is 0.336 e. The summed E-state index contributed by atoms with van der Waals surface area (Å²) in [6.45, 7) is 0. The maximum Gasteiger partial charge on any atom is 0.216 e. The van der Waals surface area contributed by atoms with Crippen molar-refractivity contribution in [2.45, 2.75) is 6.32 Å². The minimum atomic E-state index is 0.310. The summed E-state index contributed by atoms with van der Waals surface area (Å²) in [4.78, 5) is 13.9. The summed E-state index contributed by atoms with van der Waals surface area (Å²) in [5, 5.41) is 2.78. The van der Waals surface area contributed by atoms with Crippen molar-refractivity contribution < 1.29 is 0 Å². The molecule has 0 unspecified atom stereocenters. The Morgan fingerprint density at radius 3 is 3.00 bits per heavy atom. The summed E-state index contributed by atoms with van der Waals surface area (Å²) >= 11 is 0. The number of hydrogen-bond acceptors (Lipinski definition) is 3. The van der Waals surface area contributed by atoms with Crippen LogP contribution >= 0.6 is 0 Å². The predicted octanol–water partition coefficient (Wildman–Crippen LogP) is -0.0489. The van der Waals surface area contributed by atoms with Crippen LogP contribution in [0.25, 0.3) is 0 Å². The molecular weight excluding hydrogens is 129 g/mol. The third-order valence-electron chi connectivity index (χ3n) is 1.46. The van der Waals surface area contributed by atoms with Crippen molar-refractivity contribution in [2.75, 3.05) is 0 Å². The molecule has 0 radical (unpaired) electrons. The lowest BCUT2D eigenvalue weighted by Gasteiger charge is -1.94. The Hall–Kier alpha value is -1.13. The topological polar surface area (TPSA) is 47.2 Å². The van der Waals surface area contributed by atoms with Gasteiger partial charge in [0.15, 0.2) is 0 Å². The number of aryl methyl sites for hydroxylation is 1. The average Bonchev–Trinajstić information content (AvgIpc) is 2.30. The first-order valence-corrected chi connectivity index (χ1v) is 3.13. The van der Waals surface area contributed by atoms with Crippen LogP contribution in [0.3, 0.4) is 0 Å². The second-order valence-electron chi connectivity index (χ2n) is 2.07. The molecule has 0 aliphatic carbocycles. The monoisotopic (exact) mass is 137 g/mol. The Morgan fingerprint density at radius 1 is 1.90 bits per heavy atom. The maximum atomic E-state index is 10.1. The van der Waals surface area contributed by atoms with E-state index in [1.807, 2.05) is 14.9 Å². The van der Waals surface area contributed by atoms with Crippen molar-refractivity contribution >= 4 is 13.7 Å². The second kappa shape index (κ2) is 2.64. The third kappa shape index (κ3) is 0.942. The van der Waals surface area contributed by atoms with Gasteiger partial charge in [-0.2, -0.15) is 0 Å². The van der Waals surface area contributed by atoms with Crippen LogP contribution in [0.4, 0.5) is 5.82 Å². The van der Waals surface area contributed by atoms with E-state index in [0.29, 0.717) is 5.82 Å². The molecule has 0 aliphatic heterocycles. The summed E-state index contributed by atoms with van der Waals surface area (Å²) in [7, 11) is 3.81. The predicted molar refractivity (Wildman–Crippen MR) is 40.9 cm³/mol. The maximum absolute atomic E-state index is 10.1. The van der Waals surface area contributed by atoms with Gasteiger partial charge < -0.3 is 4.57 Å². The minimum absolute atomic E-state index is 0.310. The number of rotatable bonds is 2. The number of nitrogens with zero attached hydrogens (tertiary/aromatic N) is 3. The second-order valence-corrected chi connectivity index (χ2v) is 2.07. The van der Waals surface area contributed by atoms with E-state index >= 15 is 0 Å². The van der Waals surface area contributed by atoms with Crippen molar-refractivity contribution in [1.82, 2.24) is 9.55 Å². The normalized spacial score (nSPS) is 9.70. The highest BCUT2D eigenvalue weighted by Crippen LogP contribution is 2.14. The lowest BCUT2D eigenvalue weighted by molar-refractivity contribution is 0.865.